The molecule has 0 aliphatic carbocycles. The van der Waals surface area contributed by atoms with E-state index in [1.54, 1.807) is 0 Å². The molecule has 0 unspecified atom stereocenters. The molecule has 0 N–H and O–H groups in total. The van der Waals surface area contributed by atoms with Gasteiger partial charge in [0.2, 0.25) is 0 Å². The lowest BCUT2D eigenvalue weighted by molar-refractivity contribution is 0.162. The summed E-state index contributed by atoms with van der Waals surface area (Å²) in [6, 6.07) is 6.53. The van der Waals surface area contributed by atoms with Crippen LogP contribution in [-0.2, 0) is 12.0 Å². The SMILES string of the molecule is CC(C)Oc1c(CN(C)C(C)(C)C)cccc1C(C)(C)C. The number of hydrogen-bond donors (Lipinski definition) is 0. The topological polar surface area (TPSA) is 12.5 Å². The van der Waals surface area contributed by atoms with Crippen LogP contribution in [0.1, 0.15) is 66.5 Å². The van der Waals surface area contributed by atoms with E-state index in [4.69, 9.17) is 4.74 Å². The zero-order chi connectivity index (χ0) is 16.4. The molecule has 1 aromatic carbocycles. The molecule has 0 aliphatic heterocycles. The van der Waals surface area contributed by atoms with Crippen LogP contribution in [0, 0.1) is 0 Å². The van der Waals surface area contributed by atoms with Gasteiger partial charge in [-0.2, -0.15) is 0 Å². The number of hydrogen-bond acceptors (Lipinski definition) is 2. The van der Waals surface area contributed by atoms with Gasteiger partial charge in [0.05, 0.1) is 6.10 Å². The largest absolute Gasteiger partial charge is 0.490 e. The van der Waals surface area contributed by atoms with Gasteiger partial charge in [-0.3, -0.25) is 4.90 Å². The maximum atomic E-state index is 6.19. The van der Waals surface area contributed by atoms with Crippen LogP contribution < -0.4 is 4.74 Å². The van der Waals surface area contributed by atoms with Gasteiger partial charge < -0.3 is 4.74 Å². The Bertz CT molecular complexity index is 463. The summed E-state index contributed by atoms with van der Waals surface area (Å²) in [7, 11) is 2.17. The molecule has 1 aromatic rings. The van der Waals surface area contributed by atoms with Crippen LogP contribution in [0.3, 0.4) is 0 Å². The number of rotatable bonds is 4. The smallest absolute Gasteiger partial charge is 0.127 e. The third-order valence-corrected chi connectivity index (χ3v) is 3.81. The Morgan fingerprint density at radius 2 is 1.62 bits per heavy atom. The fourth-order valence-corrected chi connectivity index (χ4v) is 2.17. The van der Waals surface area contributed by atoms with E-state index in [0.29, 0.717) is 0 Å². The average molecular weight is 291 g/mol. The van der Waals surface area contributed by atoms with Gasteiger partial charge in [-0.1, -0.05) is 39.0 Å². The van der Waals surface area contributed by atoms with Crippen LogP contribution in [-0.4, -0.2) is 23.6 Å². The van der Waals surface area contributed by atoms with E-state index in [2.05, 4.69) is 85.5 Å². The van der Waals surface area contributed by atoms with E-state index >= 15 is 0 Å². The van der Waals surface area contributed by atoms with Crippen LogP contribution >= 0.6 is 0 Å². The predicted molar refractivity (Wildman–Crippen MR) is 92.1 cm³/mol. The monoisotopic (exact) mass is 291 g/mol. The highest BCUT2D eigenvalue weighted by atomic mass is 16.5. The summed E-state index contributed by atoms with van der Waals surface area (Å²) in [6.07, 6.45) is 0.187. The lowest BCUT2D eigenvalue weighted by Gasteiger charge is -2.33. The van der Waals surface area contributed by atoms with Crippen molar-refractivity contribution in [2.24, 2.45) is 0 Å². The highest BCUT2D eigenvalue weighted by Crippen LogP contribution is 2.35. The lowest BCUT2D eigenvalue weighted by Crippen LogP contribution is -2.37. The third-order valence-electron chi connectivity index (χ3n) is 3.81. The summed E-state index contributed by atoms with van der Waals surface area (Å²) >= 11 is 0. The summed E-state index contributed by atoms with van der Waals surface area (Å²) in [5, 5.41) is 0. The molecule has 0 saturated carbocycles. The maximum absolute atomic E-state index is 6.19. The highest BCUT2D eigenvalue weighted by Gasteiger charge is 2.24. The van der Waals surface area contributed by atoms with Crippen molar-refractivity contribution in [2.75, 3.05) is 7.05 Å². The molecule has 0 spiro atoms. The van der Waals surface area contributed by atoms with Crippen molar-refractivity contribution in [3.8, 4) is 5.75 Å². The number of ether oxygens (including phenoxy) is 1. The summed E-state index contributed by atoms with van der Waals surface area (Å²) in [4.78, 5) is 2.36. The van der Waals surface area contributed by atoms with Gasteiger partial charge in [-0.05, 0) is 52.6 Å². The molecule has 0 amide bonds. The molecule has 0 fully saturated rings. The van der Waals surface area contributed by atoms with Crippen molar-refractivity contribution >= 4 is 0 Å². The molecule has 0 saturated heterocycles. The van der Waals surface area contributed by atoms with Gasteiger partial charge in [0.1, 0.15) is 5.75 Å². The molecule has 2 nitrogen and oxygen atoms in total. The Kier molecular flexibility index (Phi) is 5.49. The minimum Gasteiger partial charge on any atom is -0.490 e. The first-order chi connectivity index (χ1) is 9.43. The fraction of sp³-hybridized carbons (Fsp3) is 0.684. The first-order valence-corrected chi connectivity index (χ1v) is 7.93. The Morgan fingerprint density at radius 1 is 1.05 bits per heavy atom. The van der Waals surface area contributed by atoms with Crippen LogP contribution in [0.15, 0.2) is 18.2 Å². The first-order valence-electron chi connectivity index (χ1n) is 7.93. The van der Waals surface area contributed by atoms with E-state index in [0.717, 1.165) is 12.3 Å². The van der Waals surface area contributed by atoms with Gasteiger partial charge in [-0.15, -0.1) is 0 Å². The summed E-state index contributed by atoms with van der Waals surface area (Å²) in [6.45, 7) is 18.5. The van der Waals surface area contributed by atoms with Crippen molar-refractivity contribution in [1.29, 1.82) is 0 Å². The molecule has 21 heavy (non-hydrogen) atoms. The molecule has 0 bridgehead atoms. The van der Waals surface area contributed by atoms with Crippen LogP contribution in [0.5, 0.6) is 5.75 Å². The quantitative estimate of drug-likeness (QED) is 0.774. The van der Waals surface area contributed by atoms with Crippen molar-refractivity contribution in [1.82, 2.24) is 4.90 Å². The second kappa shape index (κ2) is 6.39. The van der Waals surface area contributed by atoms with E-state index in [9.17, 15) is 0 Å². The molecule has 1 rings (SSSR count). The number of benzene rings is 1. The summed E-state index contributed by atoms with van der Waals surface area (Å²) in [5.41, 5.74) is 2.79. The predicted octanol–water partition coefficient (Wildman–Crippen LogP) is 5.00. The summed E-state index contributed by atoms with van der Waals surface area (Å²) in [5.74, 6) is 1.07. The number of para-hydroxylation sites is 1. The molecule has 2 heteroatoms. The van der Waals surface area contributed by atoms with Crippen molar-refractivity contribution in [2.45, 2.75) is 79.0 Å². The molecule has 0 aliphatic rings. The minimum atomic E-state index is 0.0839. The second-order valence-corrected chi connectivity index (χ2v) is 8.24. The zero-order valence-electron chi connectivity index (χ0n) is 15.4. The fourth-order valence-electron chi connectivity index (χ4n) is 2.17. The van der Waals surface area contributed by atoms with Crippen molar-refractivity contribution in [3.05, 3.63) is 29.3 Å². The lowest BCUT2D eigenvalue weighted by atomic mass is 9.85. The normalized spacial score (nSPS) is 13.1. The molecular weight excluding hydrogens is 258 g/mol. The average Bonchev–Trinajstić information content (AvgIpc) is 2.27. The van der Waals surface area contributed by atoms with Crippen molar-refractivity contribution < 1.29 is 4.74 Å². The minimum absolute atomic E-state index is 0.0839. The molecule has 120 valence electrons. The molecule has 0 atom stereocenters. The third kappa shape index (κ3) is 5.03. The number of nitrogens with zero attached hydrogens (tertiary/aromatic N) is 1. The van der Waals surface area contributed by atoms with Gasteiger partial charge in [0, 0.05) is 17.6 Å². The van der Waals surface area contributed by atoms with E-state index in [1.807, 2.05) is 0 Å². The van der Waals surface area contributed by atoms with Crippen LogP contribution in [0.2, 0.25) is 0 Å². The molecule has 0 heterocycles. The zero-order valence-corrected chi connectivity index (χ0v) is 15.4. The Balaban J connectivity index is 3.25. The molecular formula is C19H33NO. The Morgan fingerprint density at radius 3 is 2.05 bits per heavy atom. The van der Waals surface area contributed by atoms with Gasteiger partial charge in [-0.25, -0.2) is 0 Å². The molecule has 0 aromatic heterocycles. The van der Waals surface area contributed by atoms with Crippen LogP contribution in [0.25, 0.3) is 0 Å². The van der Waals surface area contributed by atoms with Gasteiger partial charge in [0.15, 0.2) is 0 Å². The summed E-state index contributed by atoms with van der Waals surface area (Å²) < 4.78 is 6.19. The Hall–Kier alpha value is -1.02. The van der Waals surface area contributed by atoms with E-state index in [-0.39, 0.29) is 17.1 Å². The Labute approximate surface area is 131 Å². The van der Waals surface area contributed by atoms with Crippen LogP contribution in [0.4, 0.5) is 0 Å². The highest BCUT2D eigenvalue weighted by molar-refractivity contribution is 5.45. The van der Waals surface area contributed by atoms with Gasteiger partial charge >= 0.3 is 0 Å². The van der Waals surface area contributed by atoms with E-state index < -0.39 is 0 Å². The first kappa shape index (κ1) is 18.0. The second-order valence-electron chi connectivity index (χ2n) is 8.24. The van der Waals surface area contributed by atoms with Crippen molar-refractivity contribution in [3.63, 3.8) is 0 Å². The molecule has 0 radical (unpaired) electrons. The van der Waals surface area contributed by atoms with E-state index in [1.165, 1.54) is 11.1 Å². The standard InChI is InChI=1S/C19H33NO/c1-14(2)21-17-15(13-20(9)19(6,7)8)11-10-12-16(17)18(3,4)5/h10-12,14H,13H2,1-9H3. The maximum Gasteiger partial charge on any atom is 0.127 e. The van der Waals surface area contributed by atoms with Gasteiger partial charge in [0.25, 0.3) is 0 Å².